The zero-order chi connectivity index (χ0) is 12.5. The van der Waals surface area contributed by atoms with Gasteiger partial charge in [0.25, 0.3) is 0 Å². The van der Waals surface area contributed by atoms with E-state index in [1.807, 2.05) is 0 Å². The maximum Gasteiger partial charge on any atom is 0.347 e. The SMILES string of the molecule is CC(C)(Oc1c(Cl)cc(F)cc1Cl)C(=O)O. The lowest BCUT2D eigenvalue weighted by molar-refractivity contribution is -0.152. The number of hydrogen-bond donors (Lipinski definition) is 1. The molecule has 0 aliphatic rings. The Morgan fingerprint density at radius 2 is 1.81 bits per heavy atom. The Balaban J connectivity index is 3.11. The average Bonchev–Trinajstić information content (AvgIpc) is 2.11. The maximum atomic E-state index is 12.9. The molecule has 0 heterocycles. The summed E-state index contributed by atoms with van der Waals surface area (Å²) in [6.07, 6.45) is 0. The number of aliphatic carboxylic acids is 1. The summed E-state index contributed by atoms with van der Waals surface area (Å²) in [6, 6.07) is 2.00. The Bertz CT molecular complexity index is 409. The van der Waals surface area contributed by atoms with E-state index >= 15 is 0 Å². The number of rotatable bonds is 3. The number of benzene rings is 1. The van der Waals surface area contributed by atoms with E-state index in [1.165, 1.54) is 13.8 Å². The van der Waals surface area contributed by atoms with E-state index in [0.29, 0.717) is 0 Å². The molecule has 0 aromatic heterocycles. The van der Waals surface area contributed by atoms with Crippen molar-refractivity contribution in [1.82, 2.24) is 0 Å². The molecule has 0 amide bonds. The molecule has 3 nitrogen and oxygen atoms in total. The van der Waals surface area contributed by atoms with Crippen molar-refractivity contribution in [1.29, 1.82) is 0 Å². The van der Waals surface area contributed by atoms with Crippen molar-refractivity contribution in [3.05, 3.63) is 28.0 Å². The van der Waals surface area contributed by atoms with Crippen molar-refractivity contribution in [3.8, 4) is 5.75 Å². The van der Waals surface area contributed by atoms with Crippen LogP contribution in [0.3, 0.4) is 0 Å². The highest BCUT2D eigenvalue weighted by atomic mass is 35.5. The highest BCUT2D eigenvalue weighted by molar-refractivity contribution is 6.37. The number of ether oxygens (including phenoxy) is 1. The van der Waals surface area contributed by atoms with Gasteiger partial charge in [0.1, 0.15) is 5.82 Å². The fourth-order valence-corrected chi connectivity index (χ4v) is 1.46. The first-order valence-corrected chi connectivity index (χ1v) is 5.06. The van der Waals surface area contributed by atoms with E-state index in [4.69, 9.17) is 33.0 Å². The molecule has 88 valence electrons. The zero-order valence-corrected chi connectivity index (χ0v) is 10.1. The van der Waals surface area contributed by atoms with Crippen molar-refractivity contribution in [3.63, 3.8) is 0 Å². The molecule has 0 spiro atoms. The van der Waals surface area contributed by atoms with Gasteiger partial charge in [-0.2, -0.15) is 0 Å². The van der Waals surface area contributed by atoms with E-state index in [9.17, 15) is 9.18 Å². The molecular formula is C10H9Cl2FO3. The second-order valence-electron chi connectivity index (χ2n) is 3.62. The van der Waals surface area contributed by atoms with Crippen molar-refractivity contribution >= 4 is 29.2 Å². The highest BCUT2D eigenvalue weighted by Crippen LogP contribution is 2.36. The van der Waals surface area contributed by atoms with Gasteiger partial charge in [0, 0.05) is 0 Å². The first-order valence-electron chi connectivity index (χ1n) is 4.31. The van der Waals surface area contributed by atoms with Crippen LogP contribution in [0.5, 0.6) is 5.75 Å². The van der Waals surface area contributed by atoms with Crippen molar-refractivity contribution in [2.24, 2.45) is 0 Å². The first kappa shape index (κ1) is 13.1. The van der Waals surface area contributed by atoms with Crippen LogP contribution in [0.2, 0.25) is 10.0 Å². The van der Waals surface area contributed by atoms with Gasteiger partial charge in [0.2, 0.25) is 0 Å². The largest absolute Gasteiger partial charge is 0.478 e. The van der Waals surface area contributed by atoms with Crippen LogP contribution in [0.4, 0.5) is 4.39 Å². The highest BCUT2D eigenvalue weighted by Gasteiger charge is 2.31. The molecule has 0 unspecified atom stereocenters. The van der Waals surface area contributed by atoms with Gasteiger partial charge >= 0.3 is 5.97 Å². The zero-order valence-electron chi connectivity index (χ0n) is 8.55. The van der Waals surface area contributed by atoms with Crippen LogP contribution in [-0.2, 0) is 4.79 Å². The Labute approximate surface area is 102 Å². The molecule has 1 aromatic carbocycles. The molecule has 1 N–H and O–H groups in total. The van der Waals surface area contributed by atoms with E-state index in [-0.39, 0.29) is 15.8 Å². The number of carboxylic acids is 1. The van der Waals surface area contributed by atoms with Crippen LogP contribution in [-0.4, -0.2) is 16.7 Å². The lowest BCUT2D eigenvalue weighted by Crippen LogP contribution is -2.38. The predicted molar refractivity (Wildman–Crippen MR) is 58.8 cm³/mol. The number of carboxylic acid groups (broad SMARTS) is 1. The molecule has 1 aromatic rings. The minimum Gasteiger partial charge on any atom is -0.478 e. The van der Waals surface area contributed by atoms with Gasteiger partial charge in [-0.3, -0.25) is 0 Å². The van der Waals surface area contributed by atoms with Crippen molar-refractivity contribution < 1.29 is 19.0 Å². The fourth-order valence-electron chi connectivity index (χ4n) is 0.925. The summed E-state index contributed by atoms with van der Waals surface area (Å²) in [5.74, 6) is -1.84. The van der Waals surface area contributed by atoms with Crippen LogP contribution in [0, 0.1) is 5.82 Å². The monoisotopic (exact) mass is 266 g/mol. The Morgan fingerprint density at radius 3 is 2.19 bits per heavy atom. The summed E-state index contributed by atoms with van der Waals surface area (Å²) >= 11 is 11.4. The van der Waals surface area contributed by atoms with Crippen LogP contribution in [0.25, 0.3) is 0 Å². The predicted octanol–water partition coefficient (Wildman–Crippen LogP) is 3.37. The molecule has 1 rings (SSSR count). The minimum absolute atomic E-state index is 0.0443. The van der Waals surface area contributed by atoms with E-state index in [1.54, 1.807) is 0 Å². The first-order chi connectivity index (χ1) is 7.24. The molecule has 0 aliphatic carbocycles. The standard InChI is InChI=1S/C10H9Cl2FO3/c1-10(2,9(14)15)16-8-6(11)3-5(13)4-7(8)12/h3-4H,1-2H3,(H,14,15). The van der Waals surface area contributed by atoms with E-state index < -0.39 is 17.4 Å². The molecule has 0 saturated carbocycles. The van der Waals surface area contributed by atoms with Crippen LogP contribution in [0.1, 0.15) is 13.8 Å². The molecule has 0 aliphatic heterocycles. The molecule has 0 radical (unpaired) electrons. The maximum absolute atomic E-state index is 12.9. The Morgan fingerprint density at radius 1 is 1.38 bits per heavy atom. The molecule has 0 bridgehead atoms. The van der Waals surface area contributed by atoms with Gasteiger partial charge in [0.15, 0.2) is 11.4 Å². The number of hydrogen-bond acceptors (Lipinski definition) is 2. The summed E-state index contributed by atoms with van der Waals surface area (Å²) < 4.78 is 18.0. The lowest BCUT2D eigenvalue weighted by Gasteiger charge is -2.22. The van der Waals surface area contributed by atoms with Crippen LogP contribution < -0.4 is 4.74 Å². The summed E-state index contributed by atoms with van der Waals surface area (Å²) in [6.45, 7) is 2.68. The summed E-state index contributed by atoms with van der Waals surface area (Å²) in [4.78, 5) is 10.8. The topological polar surface area (TPSA) is 46.5 Å². The molecule has 0 saturated heterocycles. The normalized spacial score (nSPS) is 11.3. The Kier molecular flexibility index (Phi) is 3.65. The Hall–Kier alpha value is -1.00. The summed E-state index contributed by atoms with van der Waals surface area (Å²) in [5.41, 5.74) is -1.49. The smallest absolute Gasteiger partial charge is 0.347 e. The lowest BCUT2D eigenvalue weighted by atomic mass is 10.1. The quantitative estimate of drug-likeness (QED) is 0.913. The molecule has 0 fully saturated rings. The van der Waals surface area contributed by atoms with Gasteiger partial charge in [-0.15, -0.1) is 0 Å². The van der Waals surface area contributed by atoms with Gasteiger partial charge in [-0.25, -0.2) is 9.18 Å². The van der Waals surface area contributed by atoms with E-state index in [2.05, 4.69) is 0 Å². The third kappa shape index (κ3) is 2.77. The number of halogens is 3. The fraction of sp³-hybridized carbons (Fsp3) is 0.300. The summed E-state index contributed by atoms with van der Waals surface area (Å²) in [5, 5.41) is 8.71. The van der Waals surface area contributed by atoms with Crippen molar-refractivity contribution in [2.75, 3.05) is 0 Å². The second-order valence-corrected chi connectivity index (χ2v) is 4.43. The van der Waals surface area contributed by atoms with Gasteiger partial charge in [-0.05, 0) is 26.0 Å². The second kappa shape index (κ2) is 4.47. The third-order valence-electron chi connectivity index (χ3n) is 1.84. The van der Waals surface area contributed by atoms with Crippen LogP contribution >= 0.6 is 23.2 Å². The van der Waals surface area contributed by atoms with Crippen molar-refractivity contribution in [2.45, 2.75) is 19.4 Å². The van der Waals surface area contributed by atoms with Crippen LogP contribution in [0.15, 0.2) is 12.1 Å². The minimum atomic E-state index is -1.49. The summed E-state index contributed by atoms with van der Waals surface area (Å²) in [7, 11) is 0. The number of carbonyl (C=O) groups is 1. The molecular weight excluding hydrogens is 258 g/mol. The third-order valence-corrected chi connectivity index (χ3v) is 2.40. The average molecular weight is 267 g/mol. The van der Waals surface area contributed by atoms with Gasteiger partial charge < -0.3 is 9.84 Å². The molecule has 16 heavy (non-hydrogen) atoms. The van der Waals surface area contributed by atoms with Gasteiger partial charge in [0.05, 0.1) is 10.0 Å². The molecule has 0 atom stereocenters. The van der Waals surface area contributed by atoms with Gasteiger partial charge in [-0.1, -0.05) is 23.2 Å². The van der Waals surface area contributed by atoms with E-state index in [0.717, 1.165) is 12.1 Å². The molecule has 6 heteroatoms.